The first-order valence-corrected chi connectivity index (χ1v) is 16.4. The minimum absolute atomic E-state index is 0.0428. The summed E-state index contributed by atoms with van der Waals surface area (Å²) in [5, 5.41) is 0.289. The number of fused-ring (bicyclic) bond motifs is 9. The van der Waals surface area contributed by atoms with Gasteiger partial charge in [0.1, 0.15) is 0 Å². The van der Waals surface area contributed by atoms with Crippen molar-refractivity contribution >= 4 is 8.32 Å². The molecule has 4 unspecified atom stereocenters. The molecular weight excluding hydrogens is 416 g/mol. The molecule has 0 aromatic rings. The van der Waals surface area contributed by atoms with E-state index in [-0.39, 0.29) is 16.2 Å². The maximum atomic E-state index is 6.93. The Kier molecular flexibility index (Phi) is 4.81. The SMILES string of the molecule is CC(C)(C)[Si](C)(C)O[C@@H]1CC[C@]2(C)C3C(CC[C@@H]2C1)C1CCC2(OCCO2)[C@@]1(C)[C@H]1OC31. The van der Waals surface area contributed by atoms with Crippen molar-refractivity contribution in [1.29, 1.82) is 0 Å². The van der Waals surface area contributed by atoms with Gasteiger partial charge in [0.05, 0.1) is 30.8 Å². The zero-order valence-electron chi connectivity index (χ0n) is 21.5. The molecule has 6 rings (SSSR count). The van der Waals surface area contributed by atoms with Crippen molar-refractivity contribution in [3.05, 3.63) is 0 Å². The van der Waals surface area contributed by atoms with Gasteiger partial charge in [-0.05, 0) is 85.7 Å². The summed E-state index contributed by atoms with van der Waals surface area (Å²) in [4.78, 5) is 0. The molecule has 0 aromatic carbocycles. The molecule has 182 valence electrons. The van der Waals surface area contributed by atoms with Gasteiger partial charge in [-0.1, -0.05) is 34.6 Å². The Hall–Kier alpha value is 0.0569. The molecule has 1 spiro atoms. The average Bonchev–Trinajstić information content (AvgIpc) is 3.26. The summed E-state index contributed by atoms with van der Waals surface area (Å²) in [6.45, 7) is 18.5. The van der Waals surface area contributed by atoms with Gasteiger partial charge in [-0.15, -0.1) is 0 Å². The lowest BCUT2D eigenvalue weighted by molar-refractivity contribution is -0.242. The lowest BCUT2D eigenvalue weighted by atomic mass is 9.45. The van der Waals surface area contributed by atoms with Crippen LogP contribution in [-0.2, 0) is 18.6 Å². The lowest BCUT2D eigenvalue weighted by Gasteiger charge is -2.60. The summed E-state index contributed by atoms with van der Waals surface area (Å²) in [5.74, 6) is 2.60. The molecule has 32 heavy (non-hydrogen) atoms. The summed E-state index contributed by atoms with van der Waals surface area (Å²) in [7, 11) is -1.71. The molecule has 4 aliphatic carbocycles. The van der Waals surface area contributed by atoms with Gasteiger partial charge in [0.2, 0.25) is 0 Å². The maximum absolute atomic E-state index is 6.93. The Morgan fingerprint density at radius 2 is 1.66 bits per heavy atom. The molecule has 2 aliphatic heterocycles. The Labute approximate surface area is 196 Å². The van der Waals surface area contributed by atoms with E-state index in [1.807, 2.05) is 0 Å². The van der Waals surface area contributed by atoms with E-state index in [9.17, 15) is 0 Å². The predicted molar refractivity (Wildman–Crippen MR) is 128 cm³/mol. The molecule has 0 bridgehead atoms. The van der Waals surface area contributed by atoms with E-state index >= 15 is 0 Å². The molecule has 2 saturated heterocycles. The predicted octanol–water partition coefficient (Wildman–Crippen LogP) is 6.15. The van der Waals surface area contributed by atoms with Crippen LogP contribution in [0.5, 0.6) is 0 Å². The van der Waals surface area contributed by atoms with Crippen molar-refractivity contribution in [3.8, 4) is 0 Å². The summed E-state index contributed by atoms with van der Waals surface area (Å²) < 4.78 is 26.3. The van der Waals surface area contributed by atoms with Gasteiger partial charge in [-0.2, -0.15) is 0 Å². The highest BCUT2D eigenvalue weighted by molar-refractivity contribution is 6.74. The van der Waals surface area contributed by atoms with E-state index in [1.165, 1.54) is 38.5 Å². The lowest BCUT2D eigenvalue weighted by Crippen LogP contribution is -2.61. The Balaban J connectivity index is 1.23. The van der Waals surface area contributed by atoms with E-state index in [0.717, 1.165) is 37.4 Å². The third-order valence-electron chi connectivity index (χ3n) is 11.9. The van der Waals surface area contributed by atoms with Crippen LogP contribution >= 0.6 is 0 Å². The third kappa shape index (κ3) is 2.81. The average molecular weight is 463 g/mol. The second-order valence-corrected chi connectivity index (χ2v) is 18.9. The van der Waals surface area contributed by atoms with Crippen LogP contribution in [0.4, 0.5) is 0 Å². The topological polar surface area (TPSA) is 40.2 Å². The Bertz CT molecular complexity index is 770. The van der Waals surface area contributed by atoms with Gasteiger partial charge in [-0.25, -0.2) is 0 Å². The number of hydrogen-bond acceptors (Lipinski definition) is 4. The molecule has 4 saturated carbocycles. The van der Waals surface area contributed by atoms with Gasteiger partial charge in [0.15, 0.2) is 14.1 Å². The molecule has 5 heteroatoms. The van der Waals surface area contributed by atoms with E-state index in [1.54, 1.807) is 0 Å². The molecule has 0 N–H and O–H groups in total. The number of epoxide rings is 1. The fraction of sp³-hybridized carbons (Fsp3) is 1.00. The highest BCUT2D eigenvalue weighted by Crippen LogP contribution is 2.74. The zero-order chi connectivity index (χ0) is 22.7. The smallest absolute Gasteiger partial charge is 0.192 e. The van der Waals surface area contributed by atoms with Gasteiger partial charge in [0.25, 0.3) is 0 Å². The molecule has 9 atom stereocenters. The van der Waals surface area contributed by atoms with Gasteiger partial charge in [-0.3, -0.25) is 0 Å². The number of ether oxygens (including phenoxy) is 3. The summed E-state index contributed by atoms with van der Waals surface area (Å²) in [6.07, 6.45) is 10.1. The normalized spacial score (nSPS) is 51.7. The molecule has 2 heterocycles. The molecule has 0 radical (unpaired) electrons. The van der Waals surface area contributed by atoms with Crippen molar-refractivity contribution in [2.75, 3.05) is 13.2 Å². The van der Waals surface area contributed by atoms with Crippen molar-refractivity contribution in [2.45, 2.75) is 122 Å². The largest absolute Gasteiger partial charge is 0.414 e. The van der Waals surface area contributed by atoms with E-state index in [0.29, 0.717) is 29.6 Å². The van der Waals surface area contributed by atoms with Gasteiger partial charge < -0.3 is 18.6 Å². The quantitative estimate of drug-likeness (QED) is 0.364. The van der Waals surface area contributed by atoms with Crippen LogP contribution in [-0.4, -0.2) is 45.6 Å². The van der Waals surface area contributed by atoms with Gasteiger partial charge >= 0.3 is 0 Å². The number of rotatable bonds is 2. The van der Waals surface area contributed by atoms with Crippen LogP contribution < -0.4 is 0 Å². The minimum atomic E-state index is -1.71. The monoisotopic (exact) mass is 462 g/mol. The van der Waals surface area contributed by atoms with E-state index in [2.05, 4.69) is 47.7 Å². The minimum Gasteiger partial charge on any atom is -0.414 e. The summed E-state index contributed by atoms with van der Waals surface area (Å²) in [6, 6.07) is 0. The van der Waals surface area contributed by atoms with Crippen LogP contribution in [0.3, 0.4) is 0 Å². The summed E-state index contributed by atoms with van der Waals surface area (Å²) in [5.41, 5.74) is 0.450. The second-order valence-electron chi connectivity index (χ2n) is 14.1. The highest BCUT2D eigenvalue weighted by atomic mass is 28.4. The maximum Gasteiger partial charge on any atom is 0.192 e. The van der Waals surface area contributed by atoms with E-state index in [4.69, 9.17) is 18.6 Å². The van der Waals surface area contributed by atoms with Crippen molar-refractivity contribution in [2.24, 2.45) is 34.5 Å². The Morgan fingerprint density at radius 1 is 0.938 bits per heavy atom. The molecular formula is C27H46O4Si. The highest BCUT2D eigenvalue weighted by Gasteiger charge is 2.78. The van der Waals surface area contributed by atoms with Crippen molar-refractivity contribution in [1.82, 2.24) is 0 Å². The standard InChI is InChI=1S/C27H46O4Si/c1-24(2,3)32(6,7)31-18-10-12-25(4)17(16-18)8-9-19-20-11-13-27(28-14-15-29-27)26(20,5)23-22(30-23)21(19)25/h17-23H,8-16H2,1-7H3/t17-,18-,19?,20?,21?,22?,23+,25+,26-/m1/s1. The van der Waals surface area contributed by atoms with Crippen molar-refractivity contribution in [3.63, 3.8) is 0 Å². The van der Waals surface area contributed by atoms with Gasteiger partial charge in [0, 0.05) is 12.5 Å². The number of hydrogen-bond donors (Lipinski definition) is 0. The molecule has 4 nitrogen and oxygen atoms in total. The fourth-order valence-electron chi connectivity index (χ4n) is 9.17. The fourth-order valence-corrected chi connectivity index (χ4v) is 10.6. The first-order valence-electron chi connectivity index (χ1n) is 13.5. The van der Waals surface area contributed by atoms with Crippen molar-refractivity contribution < 1.29 is 18.6 Å². The van der Waals surface area contributed by atoms with Crippen LogP contribution in [0.1, 0.15) is 79.6 Å². The zero-order valence-corrected chi connectivity index (χ0v) is 22.5. The first kappa shape index (κ1) is 22.5. The molecule has 0 aromatic heterocycles. The second kappa shape index (κ2) is 6.84. The molecule has 0 amide bonds. The molecule has 6 aliphatic rings. The van der Waals surface area contributed by atoms with Crippen LogP contribution in [0, 0.1) is 34.5 Å². The third-order valence-corrected chi connectivity index (χ3v) is 16.5. The summed E-state index contributed by atoms with van der Waals surface area (Å²) >= 11 is 0. The van der Waals surface area contributed by atoms with E-state index < -0.39 is 8.32 Å². The van der Waals surface area contributed by atoms with Crippen LogP contribution in [0.15, 0.2) is 0 Å². The first-order chi connectivity index (χ1) is 14.9. The Morgan fingerprint density at radius 3 is 2.34 bits per heavy atom. The molecule has 6 fully saturated rings. The van der Waals surface area contributed by atoms with Crippen LogP contribution in [0.2, 0.25) is 18.1 Å². The van der Waals surface area contributed by atoms with Crippen LogP contribution in [0.25, 0.3) is 0 Å².